The van der Waals surface area contributed by atoms with Crippen molar-refractivity contribution in [3.63, 3.8) is 0 Å². The molecule has 0 saturated carbocycles. The molecule has 2 rings (SSSR count). The van der Waals surface area contributed by atoms with E-state index in [9.17, 15) is 18.4 Å². The maximum absolute atomic E-state index is 12.4. The third-order valence-electron chi connectivity index (χ3n) is 3.74. The fourth-order valence-electron chi connectivity index (χ4n) is 2.44. The summed E-state index contributed by atoms with van der Waals surface area (Å²) in [5.41, 5.74) is 1.07. The van der Waals surface area contributed by atoms with Crippen molar-refractivity contribution in [2.24, 2.45) is 0 Å². The van der Waals surface area contributed by atoms with Crippen LogP contribution in [0.15, 0.2) is 48.5 Å². The van der Waals surface area contributed by atoms with Gasteiger partial charge in [-0.3, -0.25) is 9.59 Å². The van der Waals surface area contributed by atoms with E-state index in [1.807, 2.05) is 13.8 Å². The van der Waals surface area contributed by atoms with Crippen LogP contribution in [0.25, 0.3) is 0 Å². The highest BCUT2D eigenvalue weighted by atomic mass is 19.3. The number of rotatable bonds is 7. The molecule has 2 aromatic carbocycles. The zero-order valence-corrected chi connectivity index (χ0v) is 14.5. The molecular formula is C19H20F2N2O3. The molecule has 138 valence electrons. The second-order valence-electron chi connectivity index (χ2n) is 5.42. The van der Waals surface area contributed by atoms with Gasteiger partial charge < -0.3 is 15.0 Å². The van der Waals surface area contributed by atoms with Gasteiger partial charge in [0.1, 0.15) is 5.75 Å². The van der Waals surface area contributed by atoms with Crippen LogP contribution < -0.4 is 10.1 Å². The molecular weight excluding hydrogens is 342 g/mol. The van der Waals surface area contributed by atoms with Gasteiger partial charge in [-0.25, -0.2) is 0 Å². The van der Waals surface area contributed by atoms with Crippen LogP contribution in [-0.2, 0) is 0 Å². The predicted octanol–water partition coefficient (Wildman–Crippen LogP) is 4.02. The molecule has 1 N–H and O–H groups in total. The number of nitrogens with zero attached hydrogens (tertiary/aromatic N) is 1. The van der Waals surface area contributed by atoms with Gasteiger partial charge >= 0.3 is 6.61 Å². The molecule has 0 fully saturated rings. The molecule has 0 heterocycles. The molecule has 5 nitrogen and oxygen atoms in total. The van der Waals surface area contributed by atoms with Gasteiger partial charge in [-0.15, -0.1) is 0 Å². The molecule has 0 bridgehead atoms. The Bertz CT molecular complexity index is 777. The molecule has 0 aromatic heterocycles. The molecule has 0 aliphatic rings. The Morgan fingerprint density at radius 1 is 1.04 bits per heavy atom. The first-order valence-electron chi connectivity index (χ1n) is 8.20. The Balaban J connectivity index is 2.15. The summed E-state index contributed by atoms with van der Waals surface area (Å²) in [7, 11) is 0. The first-order chi connectivity index (χ1) is 12.4. The number of alkyl halides is 2. The lowest BCUT2D eigenvalue weighted by molar-refractivity contribution is -0.0498. The summed E-state index contributed by atoms with van der Waals surface area (Å²) < 4.78 is 28.9. The molecule has 0 spiro atoms. The summed E-state index contributed by atoms with van der Waals surface area (Å²) >= 11 is 0. The molecule has 26 heavy (non-hydrogen) atoms. The lowest BCUT2D eigenvalue weighted by atomic mass is 10.1. The van der Waals surface area contributed by atoms with E-state index in [1.54, 1.807) is 29.2 Å². The fourth-order valence-corrected chi connectivity index (χ4v) is 2.44. The van der Waals surface area contributed by atoms with Crippen LogP contribution in [0.3, 0.4) is 0 Å². The first-order valence-corrected chi connectivity index (χ1v) is 8.20. The lowest BCUT2D eigenvalue weighted by Crippen LogP contribution is -2.30. The maximum Gasteiger partial charge on any atom is 0.387 e. The van der Waals surface area contributed by atoms with E-state index in [2.05, 4.69) is 10.1 Å². The maximum atomic E-state index is 12.4. The average molecular weight is 362 g/mol. The Kier molecular flexibility index (Phi) is 6.66. The monoisotopic (exact) mass is 362 g/mol. The number of carbonyl (C=O) groups excluding carboxylic acids is 2. The second-order valence-corrected chi connectivity index (χ2v) is 5.42. The summed E-state index contributed by atoms with van der Waals surface area (Å²) in [4.78, 5) is 26.4. The van der Waals surface area contributed by atoms with Gasteiger partial charge in [-0.05, 0) is 50.2 Å². The number of hydrogen-bond acceptors (Lipinski definition) is 3. The van der Waals surface area contributed by atoms with E-state index in [0.29, 0.717) is 24.3 Å². The minimum atomic E-state index is -2.96. The quantitative estimate of drug-likeness (QED) is 0.809. The van der Waals surface area contributed by atoms with Crippen molar-refractivity contribution in [1.82, 2.24) is 4.90 Å². The van der Waals surface area contributed by atoms with Crippen molar-refractivity contribution in [3.05, 3.63) is 59.7 Å². The van der Waals surface area contributed by atoms with Crippen LogP contribution in [0.1, 0.15) is 34.6 Å². The van der Waals surface area contributed by atoms with E-state index in [4.69, 9.17) is 0 Å². The Morgan fingerprint density at radius 3 is 2.35 bits per heavy atom. The van der Waals surface area contributed by atoms with Crippen molar-refractivity contribution in [1.29, 1.82) is 0 Å². The number of ether oxygens (including phenoxy) is 1. The summed E-state index contributed by atoms with van der Waals surface area (Å²) in [5, 5.41) is 2.66. The van der Waals surface area contributed by atoms with Gasteiger partial charge in [0, 0.05) is 29.9 Å². The topological polar surface area (TPSA) is 58.6 Å². The number of carbonyl (C=O) groups is 2. The van der Waals surface area contributed by atoms with Gasteiger partial charge in [0.15, 0.2) is 0 Å². The first kappa shape index (κ1) is 19.4. The van der Waals surface area contributed by atoms with Crippen LogP contribution in [0, 0.1) is 0 Å². The average Bonchev–Trinajstić information content (AvgIpc) is 2.62. The molecule has 0 unspecified atom stereocenters. The fraction of sp³-hybridized carbons (Fsp3) is 0.263. The van der Waals surface area contributed by atoms with E-state index in [-0.39, 0.29) is 17.2 Å². The van der Waals surface area contributed by atoms with Crippen molar-refractivity contribution in [2.45, 2.75) is 20.5 Å². The van der Waals surface area contributed by atoms with Crippen LogP contribution in [0.4, 0.5) is 14.5 Å². The molecule has 0 saturated heterocycles. The molecule has 0 atom stereocenters. The third kappa shape index (κ3) is 5.02. The Labute approximate surface area is 150 Å². The zero-order valence-electron chi connectivity index (χ0n) is 14.5. The molecule has 2 aromatic rings. The van der Waals surface area contributed by atoms with E-state index < -0.39 is 12.5 Å². The van der Waals surface area contributed by atoms with Crippen molar-refractivity contribution < 1.29 is 23.1 Å². The zero-order chi connectivity index (χ0) is 19.1. The number of benzene rings is 2. The molecule has 2 amide bonds. The predicted molar refractivity (Wildman–Crippen MR) is 94.7 cm³/mol. The standard InChI is InChI=1S/C19H20F2N2O3/c1-3-23(4-2)18(25)14-8-5-9-15(11-14)22-17(24)13-7-6-10-16(12-13)26-19(20)21/h5-12,19H,3-4H2,1-2H3,(H,22,24). The third-order valence-corrected chi connectivity index (χ3v) is 3.74. The molecule has 7 heteroatoms. The largest absolute Gasteiger partial charge is 0.435 e. The minimum Gasteiger partial charge on any atom is -0.435 e. The van der Waals surface area contributed by atoms with Crippen LogP contribution in [0.2, 0.25) is 0 Å². The van der Waals surface area contributed by atoms with Crippen molar-refractivity contribution in [2.75, 3.05) is 18.4 Å². The molecule has 0 aliphatic carbocycles. The summed E-state index contributed by atoms with van der Waals surface area (Å²) in [5.74, 6) is -0.714. The number of halogens is 2. The summed E-state index contributed by atoms with van der Waals surface area (Å²) in [6.07, 6.45) is 0. The second kappa shape index (κ2) is 8.94. The van der Waals surface area contributed by atoms with Crippen LogP contribution in [0.5, 0.6) is 5.75 Å². The Hall–Kier alpha value is -2.96. The minimum absolute atomic E-state index is 0.0990. The molecule has 0 radical (unpaired) electrons. The van der Waals surface area contributed by atoms with Crippen molar-refractivity contribution in [3.8, 4) is 5.75 Å². The normalized spacial score (nSPS) is 10.5. The van der Waals surface area contributed by atoms with Gasteiger partial charge in [0.05, 0.1) is 0 Å². The smallest absolute Gasteiger partial charge is 0.387 e. The summed E-state index contributed by atoms with van der Waals surface area (Å²) in [6, 6.07) is 12.1. The molecule has 0 aliphatic heterocycles. The SMILES string of the molecule is CCN(CC)C(=O)c1cccc(NC(=O)c2cccc(OC(F)F)c2)c1. The Morgan fingerprint density at radius 2 is 1.69 bits per heavy atom. The van der Waals surface area contributed by atoms with Gasteiger partial charge in [0.2, 0.25) is 0 Å². The van der Waals surface area contributed by atoms with Crippen molar-refractivity contribution >= 4 is 17.5 Å². The van der Waals surface area contributed by atoms with E-state index in [1.165, 1.54) is 24.3 Å². The van der Waals surface area contributed by atoms with Gasteiger partial charge in [-0.2, -0.15) is 8.78 Å². The highest BCUT2D eigenvalue weighted by molar-refractivity contribution is 6.05. The number of hydrogen-bond donors (Lipinski definition) is 1. The number of amides is 2. The van der Waals surface area contributed by atoms with E-state index >= 15 is 0 Å². The van der Waals surface area contributed by atoms with Crippen LogP contribution >= 0.6 is 0 Å². The summed E-state index contributed by atoms with van der Waals surface area (Å²) in [6.45, 7) is 1.99. The highest BCUT2D eigenvalue weighted by Crippen LogP contribution is 2.18. The number of anilines is 1. The van der Waals surface area contributed by atoms with Gasteiger partial charge in [-0.1, -0.05) is 12.1 Å². The lowest BCUT2D eigenvalue weighted by Gasteiger charge is -2.19. The van der Waals surface area contributed by atoms with Crippen LogP contribution in [-0.4, -0.2) is 36.4 Å². The highest BCUT2D eigenvalue weighted by Gasteiger charge is 2.14. The van der Waals surface area contributed by atoms with Gasteiger partial charge in [0.25, 0.3) is 11.8 Å². The number of nitrogens with one attached hydrogen (secondary N) is 1. The van der Waals surface area contributed by atoms with E-state index in [0.717, 1.165) is 0 Å².